The highest BCUT2D eigenvalue weighted by molar-refractivity contribution is 5.76. The number of pyridine rings is 1. The molecule has 0 saturated carbocycles. The Morgan fingerprint density at radius 2 is 2.19 bits per heavy atom. The van der Waals surface area contributed by atoms with Crippen LogP contribution in [0.2, 0.25) is 0 Å². The van der Waals surface area contributed by atoms with E-state index >= 15 is 0 Å². The summed E-state index contributed by atoms with van der Waals surface area (Å²) in [6, 6.07) is 3.67. The summed E-state index contributed by atoms with van der Waals surface area (Å²) in [5.41, 5.74) is 0.798. The molecular formula is C14H16N4O3. The second-order valence-electron chi connectivity index (χ2n) is 4.75. The summed E-state index contributed by atoms with van der Waals surface area (Å²) in [5, 5.41) is 3.91. The topological polar surface area (TPSA) is 81.3 Å². The van der Waals surface area contributed by atoms with Gasteiger partial charge < -0.3 is 14.2 Å². The molecule has 1 amide bonds. The Morgan fingerprint density at radius 3 is 2.95 bits per heavy atom. The molecule has 0 spiro atoms. The molecule has 110 valence electrons. The first-order chi connectivity index (χ1) is 10.3. The molecule has 7 nitrogen and oxygen atoms in total. The van der Waals surface area contributed by atoms with Crippen LogP contribution in [0.25, 0.3) is 11.4 Å². The lowest BCUT2D eigenvalue weighted by Gasteiger charge is -2.26. The van der Waals surface area contributed by atoms with Gasteiger partial charge in [-0.15, -0.1) is 0 Å². The third-order valence-corrected chi connectivity index (χ3v) is 3.30. The zero-order chi connectivity index (χ0) is 14.5. The molecule has 0 atom stereocenters. The first-order valence-electron chi connectivity index (χ1n) is 6.91. The summed E-state index contributed by atoms with van der Waals surface area (Å²) in [6.07, 6.45) is 4.18. The predicted octanol–water partition coefficient (Wildman–Crippen LogP) is 0.923. The van der Waals surface area contributed by atoms with E-state index in [9.17, 15) is 4.79 Å². The van der Waals surface area contributed by atoms with Crippen molar-refractivity contribution < 1.29 is 14.1 Å². The zero-order valence-corrected chi connectivity index (χ0v) is 11.6. The molecule has 0 aliphatic carbocycles. The molecule has 3 heterocycles. The molecule has 1 fully saturated rings. The smallest absolute Gasteiger partial charge is 0.227 e. The average Bonchev–Trinajstić information content (AvgIpc) is 3.03. The summed E-state index contributed by atoms with van der Waals surface area (Å²) < 4.78 is 10.4. The highest BCUT2D eigenvalue weighted by Crippen LogP contribution is 2.14. The number of hydrogen-bond acceptors (Lipinski definition) is 6. The highest BCUT2D eigenvalue weighted by atomic mass is 16.5. The van der Waals surface area contributed by atoms with Crippen LogP contribution in [0, 0.1) is 0 Å². The summed E-state index contributed by atoms with van der Waals surface area (Å²) >= 11 is 0. The minimum atomic E-state index is 0.0967. The second-order valence-corrected chi connectivity index (χ2v) is 4.75. The van der Waals surface area contributed by atoms with E-state index in [1.807, 2.05) is 17.0 Å². The van der Waals surface area contributed by atoms with Gasteiger partial charge in [0.05, 0.1) is 13.2 Å². The van der Waals surface area contributed by atoms with Gasteiger partial charge >= 0.3 is 0 Å². The number of hydrogen-bond donors (Lipinski definition) is 0. The normalized spacial score (nSPS) is 15.1. The first kappa shape index (κ1) is 13.7. The molecule has 0 bridgehead atoms. The third kappa shape index (κ3) is 3.43. The van der Waals surface area contributed by atoms with Gasteiger partial charge in [0.2, 0.25) is 17.6 Å². The molecule has 3 rings (SSSR count). The average molecular weight is 288 g/mol. The number of nitrogens with zero attached hydrogens (tertiary/aromatic N) is 4. The van der Waals surface area contributed by atoms with Crippen molar-refractivity contribution in [3.8, 4) is 11.4 Å². The van der Waals surface area contributed by atoms with Crippen LogP contribution in [0.5, 0.6) is 0 Å². The fourth-order valence-electron chi connectivity index (χ4n) is 2.15. The number of aromatic nitrogens is 3. The number of amides is 1. The maximum atomic E-state index is 12.0. The van der Waals surface area contributed by atoms with Crippen molar-refractivity contribution in [2.24, 2.45) is 0 Å². The van der Waals surface area contributed by atoms with Gasteiger partial charge in [0.15, 0.2) is 0 Å². The lowest BCUT2D eigenvalue weighted by atomic mass is 10.2. The minimum Gasteiger partial charge on any atom is -0.378 e. The number of carbonyl (C=O) groups is 1. The van der Waals surface area contributed by atoms with Crippen molar-refractivity contribution in [2.45, 2.75) is 12.8 Å². The van der Waals surface area contributed by atoms with Crippen molar-refractivity contribution in [2.75, 3.05) is 26.3 Å². The molecule has 7 heteroatoms. The van der Waals surface area contributed by atoms with E-state index in [-0.39, 0.29) is 5.91 Å². The van der Waals surface area contributed by atoms with Gasteiger partial charge in [-0.05, 0) is 12.1 Å². The Balaban J connectivity index is 1.56. The Kier molecular flexibility index (Phi) is 4.20. The molecule has 1 aliphatic heterocycles. The van der Waals surface area contributed by atoms with Crippen molar-refractivity contribution >= 4 is 5.91 Å². The van der Waals surface area contributed by atoms with Gasteiger partial charge in [0.1, 0.15) is 0 Å². The lowest BCUT2D eigenvalue weighted by Crippen LogP contribution is -2.40. The molecule has 2 aromatic rings. The number of carbonyl (C=O) groups excluding carboxylic acids is 1. The van der Waals surface area contributed by atoms with Crippen molar-refractivity contribution in [3.05, 3.63) is 30.4 Å². The minimum absolute atomic E-state index is 0.0967. The third-order valence-electron chi connectivity index (χ3n) is 3.30. The molecule has 2 aromatic heterocycles. The van der Waals surface area contributed by atoms with E-state index in [2.05, 4.69) is 15.1 Å². The fourth-order valence-corrected chi connectivity index (χ4v) is 2.15. The van der Waals surface area contributed by atoms with Gasteiger partial charge in [0.25, 0.3) is 0 Å². The molecule has 0 unspecified atom stereocenters. The van der Waals surface area contributed by atoms with Crippen molar-refractivity contribution in [1.82, 2.24) is 20.0 Å². The van der Waals surface area contributed by atoms with Gasteiger partial charge in [-0.3, -0.25) is 9.78 Å². The number of aryl methyl sites for hydroxylation is 1. The monoisotopic (exact) mass is 288 g/mol. The van der Waals surface area contributed by atoms with Gasteiger partial charge in [-0.2, -0.15) is 4.98 Å². The van der Waals surface area contributed by atoms with Crippen molar-refractivity contribution in [1.29, 1.82) is 0 Å². The van der Waals surface area contributed by atoms with E-state index in [1.54, 1.807) is 12.4 Å². The molecule has 0 N–H and O–H groups in total. The van der Waals surface area contributed by atoms with Gasteiger partial charge in [0, 0.05) is 43.9 Å². The molecule has 0 radical (unpaired) electrons. The van der Waals surface area contributed by atoms with Crippen LogP contribution >= 0.6 is 0 Å². The molecule has 21 heavy (non-hydrogen) atoms. The van der Waals surface area contributed by atoms with E-state index in [1.165, 1.54) is 0 Å². The second kappa shape index (κ2) is 6.45. The molecule has 0 aromatic carbocycles. The van der Waals surface area contributed by atoms with Crippen LogP contribution < -0.4 is 0 Å². The van der Waals surface area contributed by atoms with E-state index in [4.69, 9.17) is 9.26 Å². The van der Waals surface area contributed by atoms with Crippen LogP contribution in [0.15, 0.2) is 29.0 Å². The summed E-state index contributed by atoms with van der Waals surface area (Å²) in [5.74, 6) is 1.06. The fraction of sp³-hybridized carbons (Fsp3) is 0.429. The quantitative estimate of drug-likeness (QED) is 0.832. The summed E-state index contributed by atoms with van der Waals surface area (Å²) in [7, 11) is 0. The standard InChI is InChI=1S/C14H16N4O3/c19-13(18-6-8-20-9-7-18)4-3-12-16-14(17-21-12)11-2-1-5-15-10-11/h1-2,5,10H,3-4,6-9H2. The first-order valence-corrected chi connectivity index (χ1v) is 6.91. The highest BCUT2D eigenvalue weighted by Gasteiger charge is 2.18. The predicted molar refractivity (Wildman–Crippen MR) is 73.2 cm³/mol. The number of ether oxygens (including phenoxy) is 1. The van der Waals surface area contributed by atoms with E-state index in [0.717, 1.165) is 5.56 Å². The van der Waals surface area contributed by atoms with Crippen LogP contribution in [0.4, 0.5) is 0 Å². The summed E-state index contributed by atoms with van der Waals surface area (Å²) in [4.78, 5) is 22.1. The Bertz CT molecular complexity index is 593. The van der Waals surface area contributed by atoms with Crippen molar-refractivity contribution in [3.63, 3.8) is 0 Å². The van der Waals surface area contributed by atoms with Crippen LogP contribution in [-0.2, 0) is 16.0 Å². The Morgan fingerprint density at radius 1 is 1.33 bits per heavy atom. The van der Waals surface area contributed by atoms with Gasteiger partial charge in [-0.25, -0.2) is 0 Å². The summed E-state index contributed by atoms with van der Waals surface area (Å²) in [6.45, 7) is 2.53. The molecule has 1 aliphatic rings. The molecule has 1 saturated heterocycles. The van der Waals surface area contributed by atoms with E-state index in [0.29, 0.717) is 50.9 Å². The van der Waals surface area contributed by atoms with Crippen LogP contribution in [0.3, 0.4) is 0 Å². The maximum Gasteiger partial charge on any atom is 0.227 e. The van der Waals surface area contributed by atoms with Crippen LogP contribution in [0.1, 0.15) is 12.3 Å². The Hall–Kier alpha value is -2.28. The van der Waals surface area contributed by atoms with Crippen LogP contribution in [-0.4, -0.2) is 52.2 Å². The number of morpholine rings is 1. The molecular weight excluding hydrogens is 272 g/mol. The van der Waals surface area contributed by atoms with Gasteiger partial charge in [-0.1, -0.05) is 5.16 Å². The SMILES string of the molecule is O=C(CCc1nc(-c2cccnc2)no1)N1CCOCC1. The number of rotatable bonds is 4. The lowest BCUT2D eigenvalue weighted by molar-refractivity contribution is -0.135. The largest absolute Gasteiger partial charge is 0.378 e. The maximum absolute atomic E-state index is 12.0. The Labute approximate surface area is 121 Å². The van der Waals surface area contributed by atoms with E-state index < -0.39 is 0 Å². The zero-order valence-electron chi connectivity index (χ0n) is 11.6.